The highest BCUT2D eigenvalue weighted by atomic mass is 16.1. The van der Waals surface area contributed by atoms with E-state index < -0.39 is 0 Å². The molecule has 0 unspecified atom stereocenters. The van der Waals surface area contributed by atoms with Crippen LogP contribution in [0.3, 0.4) is 0 Å². The van der Waals surface area contributed by atoms with E-state index in [0.717, 1.165) is 27.7 Å². The van der Waals surface area contributed by atoms with Gasteiger partial charge in [0.2, 0.25) is 0 Å². The van der Waals surface area contributed by atoms with Crippen LogP contribution in [0.4, 0.5) is 5.69 Å². The first kappa shape index (κ1) is 13.4. The lowest BCUT2D eigenvalue weighted by Crippen LogP contribution is -2.21. The Kier molecular flexibility index (Phi) is 3.22. The van der Waals surface area contributed by atoms with Crippen LogP contribution in [0, 0.1) is 13.8 Å². The second-order valence-corrected chi connectivity index (χ2v) is 5.32. The predicted molar refractivity (Wildman–Crippen MR) is 85.4 cm³/mol. The molecule has 106 valence electrons. The van der Waals surface area contributed by atoms with Crippen molar-refractivity contribution in [2.45, 2.75) is 20.4 Å². The summed E-state index contributed by atoms with van der Waals surface area (Å²) < 4.78 is 1.64. The number of nitrogen functional groups attached to an aromatic ring is 1. The van der Waals surface area contributed by atoms with Crippen LogP contribution in [-0.2, 0) is 6.54 Å². The Morgan fingerprint density at radius 3 is 2.76 bits per heavy atom. The van der Waals surface area contributed by atoms with Crippen molar-refractivity contribution in [3.63, 3.8) is 0 Å². The number of nitrogens with two attached hydrogens (primary N) is 1. The number of nitrogens with zero attached hydrogens (tertiary/aromatic N) is 2. The highest BCUT2D eigenvalue weighted by molar-refractivity contribution is 5.82. The molecule has 2 heterocycles. The summed E-state index contributed by atoms with van der Waals surface area (Å²) in [5.41, 5.74) is 10.3. The van der Waals surface area contributed by atoms with Gasteiger partial charge in [-0.05, 0) is 37.1 Å². The fourth-order valence-corrected chi connectivity index (χ4v) is 2.52. The maximum absolute atomic E-state index is 12.1. The molecule has 0 bridgehead atoms. The summed E-state index contributed by atoms with van der Waals surface area (Å²) in [6.45, 7) is 4.29. The molecule has 2 N–H and O–H groups in total. The zero-order valence-electron chi connectivity index (χ0n) is 12.1. The van der Waals surface area contributed by atoms with E-state index in [1.54, 1.807) is 16.8 Å². The lowest BCUT2D eigenvalue weighted by molar-refractivity contribution is 0.762. The Labute approximate surface area is 122 Å². The molecule has 0 aliphatic heterocycles. The Hall–Kier alpha value is -2.62. The van der Waals surface area contributed by atoms with Gasteiger partial charge >= 0.3 is 0 Å². The van der Waals surface area contributed by atoms with E-state index in [4.69, 9.17) is 5.73 Å². The third-order valence-corrected chi connectivity index (χ3v) is 3.64. The average molecular weight is 279 g/mol. The van der Waals surface area contributed by atoms with E-state index >= 15 is 0 Å². The van der Waals surface area contributed by atoms with Crippen LogP contribution in [0.2, 0.25) is 0 Å². The number of rotatable bonds is 2. The molecule has 0 fully saturated rings. The SMILES string of the molecule is Cc1cc(Cn2cc(N)c(C)cc2=O)c2ccccc2n1. The van der Waals surface area contributed by atoms with Crippen LogP contribution in [-0.4, -0.2) is 9.55 Å². The van der Waals surface area contributed by atoms with Crippen molar-refractivity contribution >= 4 is 16.6 Å². The molecule has 4 heteroatoms. The summed E-state index contributed by atoms with van der Waals surface area (Å²) in [6, 6.07) is 11.6. The zero-order chi connectivity index (χ0) is 15.0. The van der Waals surface area contributed by atoms with E-state index in [1.807, 2.05) is 44.2 Å². The first-order valence-corrected chi connectivity index (χ1v) is 6.86. The van der Waals surface area contributed by atoms with E-state index in [2.05, 4.69) is 4.98 Å². The minimum Gasteiger partial charge on any atom is -0.397 e. The molecule has 0 saturated carbocycles. The molecule has 0 radical (unpaired) electrons. The summed E-state index contributed by atoms with van der Waals surface area (Å²) >= 11 is 0. The number of aryl methyl sites for hydroxylation is 2. The van der Waals surface area contributed by atoms with E-state index in [9.17, 15) is 4.79 Å². The molecule has 0 amide bonds. The Balaban J connectivity index is 2.14. The minimum atomic E-state index is -0.0414. The topological polar surface area (TPSA) is 60.9 Å². The normalized spacial score (nSPS) is 11.0. The molecule has 3 aromatic rings. The number of hydrogen-bond acceptors (Lipinski definition) is 3. The van der Waals surface area contributed by atoms with Gasteiger partial charge in [0.1, 0.15) is 0 Å². The van der Waals surface area contributed by atoms with Crippen LogP contribution in [0.1, 0.15) is 16.8 Å². The molecule has 4 nitrogen and oxygen atoms in total. The average Bonchev–Trinajstić information content (AvgIpc) is 2.44. The minimum absolute atomic E-state index is 0.0414. The molecule has 2 aromatic heterocycles. The fraction of sp³-hybridized carbons (Fsp3) is 0.176. The highest BCUT2D eigenvalue weighted by Crippen LogP contribution is 2.19. The molecular weight excluding hydrogens is 262 g/mol. The van der Waals surface area contributed by atoms with Crippen molar-refractivity contribution in [2.24, 2.45) is 0 Å². The quantitative estimate of drug-likeness (QED) is 0.784. The summed E-state index contributed by atoms with van der Waals surface area (Å²) in [7, 11) is 0. The smallest absolute Gasteiger partial charge is 0.251 e. The number of pyridine rings is 2. The largest absolute Gasteiger partial charge is 0.397 e. The van der Waals surface area contributed by atoms with E-state index in [0.29, 0.717) is 12.2 Å². The lowest BCUT2D eigenvalue weighted by Gasteiger charge is -2.11. The standard InChI is InChI=1S/C17H17N3O/c1-11-7-17(21)20(10-15(11)18)9-13-8-12(2)19-16-6-4-3-5-14(13)16/h3-8,10H,9,18H2,1-2H3. The van der Waals surface area contributed by atoms with Gasteiger partial charge in [0, 0.05) is 23.3 Å². The summed E-state index contributed by atoms with van der Waals surface area (Å²) in [6.07, 6.45) is 1.71. The van der Waals surface area contributed by atoms with Crippen molar-refractivity contribution in [3.05, 3.63) is 69.8 Å². The summed E-state index contributed by atoms with van der Waals surface area (Å²) in [5, 5.41) is 1.06. The van der Waals surface area contributed by atoms with Gasteiger partial charge in [-0.2, -0.15) is 0 Å². The first-order chi connectivity index (χ1) is 10.0. The van der Waals surface area contributed by atoms with E-state index in [1.165, 1.54) is 0 Å². The lowest BCUT2D eigenvalue weighted by atomic mass is 10.1. The Bertz CT molecular complexity index is 881. The van der Waals surface area contributed by atoms with Crippen LogP contribution in [0.15, 0.2) is 47.4 Å². The molecular formula is C17H17N3O. The fourth-order valence-electron chi connectivity index (χ4n) is 2.52. The summed E-state index contributed by atoms with van der Waals surface area (Å²) in [4.78, 5) is 16.6. The third-order valence-electron chi connectivity index (χ3n) is 3.64. The molecule has 0 spiro atoms. The molecule has 0 saturated heterocycles. The monoisotopic (exact) mass is 279 g/mol. The van der Waals surface area contributed by atoms with Gasteiger partial charge in [-0.15, -0.1) is 0 Å². The molecule has 0 atom stereocenters. The van der Waals surface area contributed by atoms with Crippen LogP contribution >= 0.6 is 0 Å². The van der Waals surface area contributed by atoms with Crippen LogP contribution < -0.4 is 11.3 Å². The van der Waals surface area contributed by atoms with Gasteiger partial charge in [0.25, 0.3) is 5.56 Å². The van der Waals surface area contributed by atoms with Crippen molar-refractivity contribution < 1.29 is 0 Å². The van der Waals surface area contributed by atoms with Gasteiger partial charge in [-0.3, -0.25) is 9.78 Å². The summed E-state index contributed by atoms with van der Waals surface area (Å²) in [5.74, 6) is 0. The third kappa shape index (κ3) is 2.52. The first-order valence-electron chi connectivity index (χ1n) is 6.86. The highest BCUT2D eigenvalue weighted by Gasteiger charge is 2.07. The van der Waals surface area contributed by atoms with E-state index in [-0.39, 0.29) is 5.56 Å². The van der Waals surface area contributed by atoms with Crippen molar-refractivity contribution in [1.82, 2.24) is 9.55 Å². The number of fused-ring (bicyclic) bond motifs is 1. The van der Waals surface area contributed by atoms with Gasteiger partial charge in [-0.1, -0.05) is 18.2 Å². The van der Waals surface area contributed by atoms with Crippen LogP contribution in [0.5, 0.6) is 0 Å². The number of hydrogen-bond donors (Lipinski definition) is 1. The van der Waals surface area contributed by atoms with Gasteiger partial charge < -0.3 is 10.3 Å². The molecule has 21 heavy (non-hydrogen) atoms. The predicted octanol–water partition coefficient (Wildman–Crippen LogP) is 2.64. The zero-order valence-corrected chi connectivity index (χ0v) is 12.1. The maximum atomic E-state index is 12.1. The number of benzene rings is 1. The number of aromatic nitrogens is 2. The van der Waals surface area contributed by atoms with Crippen molar-refractivity contribution in [1.29, 1.82) is 0 Å². The number of para-hydroxylation sites is 1. The maximum Gasteiger partial charge on any atom is 0.251 e. The molecule has 3 rings (SSSR count). The number of anilines is 1. The van der Waals surface area contributed by atoms with Gasteiger partial charge in [-0.25, -0.2) is 0 Å². The van der Waals surface area contributed by atoms with Crippen molar-refractivity contribution in [2.75, 3.05) is 5.73 Å². The van der Waals surface area contributed by atoms with Gasteiger partial charge in [0.05, 0.1) is 17.7 Å². The molecule has 0 aliphatic carbocycles. The molecule has 0 aliphatic rings. The van der Waals surface area contributed by atoms with Gasteiger partial charge in [0.15, 0.2) is 0 Å². The van der Waals surface area contributed by atoms with Crippen molar-refractivity contribution in [3.8, 4) is 0 Å². The Morgan fingerprint density at radius 1 is 1.19 bits per heavy atom. The molecule has 1 aromatic carbocycles. The second-order valence-electron chi connectivity index (χ2n) is 5.32. The van der Waals surface area contributed by atoms with Crippen LogP contribution in [0.25, 0.3) is 10.9 Å². The Morgan fingerprint density at radius 2 is 1.95 bits per heavy atom. The second kappa shape index (κ2) is 5.05.